The van der Waals surface area contributed by atoms with E-state index in [9.17, 15) is 0 Å². The SMILES string of the molecule is CCCNC(C)c1ccc(N2CCSCC2C)cc1Br. The maximum atomic E-state index is 3.75. The summed E-state index contributed by atoms with van der Waals surface area (Å²) in [5.74, 6) is 2.46. The Morgan fingerprint density at radius 1 is 1.50 bits per heavy atom. The van der Waals surface area contributed by atoms with Crippen LogP contribution in [0, 0.1) is 0 Å². The topological polar surface area (TPSA) is 15.3 Å². The molecule has 0 saturated carbocycles. The van der Waals surface area contributed by atoms with Crippen LogP contribution in [0.1, 0.15) is 38.8 Å². The fourth-order valence-electron chi connectivity index (χ4n) is 2.63. The van der Waals surface area contributed by atoms with Gasteiger partial charge in [-0.2, -0.15) is 11.8 Å². The average Bonchev–Trinajstić information content (AvgIpc) is 2.45. The molecule has 112 valence electrons. The van der Waals surface area contributed by atoms with Crippen molar-refractivity contribution in [2.45, 2.75) is 39.3 Å². The lowest BCUT2D eigenvalue weighted by Crippen LogP contribution is -2.40. The number of hydrogen-bond acceptors (Lipinski definition) is 3. The molecule has 0 spiro atoms. The highest BCUT2D eigenvalue weighted by atomic mass is 79.9. The summed E-state index contributed by atoms with van der Waals surface area (Å²) in [5, 5.41) is 3.55. The third kappa shape index (κ3) is 3.92. The normalized spacial score (nSPS) is 21.0. The maximum Gasteiger partial charge on any atom is 0.0380 e. The lowest BCUT2D eigenvalue weighted by atomic mass is 10.1. The molecule has 1 aliphatic rings. The number of halogens is 1. The summed E-state index contributed by atoms with van der Waals surface area (Å²) in [4.78, 5) is 2.52. The number of hydrogen-bond donors (Lipinski definition) is 1. The molecule has 1 N–H and O–H groups in total. The van der Waals surface area contributed by atoms with Crippen molar-refractivity contribution >= 4 is 33.4 Å². The Labute approximate surface area is 135 Å². The van der Waals surface area contributed by atoms with E-state index in [1.165, 1.54) is 33.7 Å². The van der Waals surface area contributed by atoms with Crippen LogP contribution in [0.15, 0.2) is 22.7 Å². The molecule has 1 heterocycles. The van der Waals surface area contributed by atoms with Gasteiger partial charge in [0.2, 0.25) is 0 Å². The van der Waals surface area contributed by atoms with Crippen LogP contribution in [0.4, 0.5) is 5.69 Å². The van der Waals surface area contributed by atoms with Crippen LogP contribution in [-0.2, 0) is 0 Å². The van der Waals surface area contributed by atoms with E-state index in [1.807, 2.05) is 0 Å². The number of anilines is 1. The fourth-order valence-corrected chi connectivity index (χ4v) is 4.35. The molecule has 1 saturated heterocycles. The molecule has 2 rings (SSSR count). The molecule has 0 amide bonds. The largest absolute Gasteiger partial charge is 0.367 e. The van der Waals surface area contributed by atoms with E-state index in [1.54, 1.807) is 0 Å². The van der Waals surface area contributed by atoms with Crippen LogP contribution in [-0.4, -0.2) is 30.6 Å². The molecule has 0 bridgehead atoms. The molecule has 0 aliphatic carbocycles. The minimum atomic E-state index is 0.396. The first-order chi connectivity index (χ1) is 9.63. The predicted octanol–water partition coefficient (Wildman–Crippen LogP) is 4.45. The first-order valence-electron chi connectivity index (χ1n) is 7.50. The second kappa shape index (κ2) is 7.71. The van der Waals surface area contributed by atoms with Gasteiger partial charge in [-0.15, -0.1) is 0 Å². The Bertz CT molecular complexity index is 438. The van der Waals surface area contributed by atoms with Crippen molar-refractivity contribution in [3.63, 3.8) is 0 Å². The number of rotatable bonds is 5. The molecule has 2 unspecified atom stereocenters. The third-order valence-corrected chi connectivity index (χ3v) is 5.73. The second-order valence-electron chi connectivity index (χ2n) is 5.50. The van der Waals surface area contributed by atoms with Crippen molar-refractivity contribution in [1.29, 1.82) is 0 Å². The summed E-state index contributed by atoms with van der Waals surface area (Å²) >= 11 is 5.81. The van der Waals surface area contributed by atoms with Gasteiger partial charge in [-0.05, 0) is 44.5 Å². The Kier molecular flexibility index (Phi) is 6.24. The quantitative estimate of drug-likeness (QED) is 0.838. The van der Waals surface area contributed by atoms with E-state index in [-0.39, 0.29) is 0 Å². The number of nitrogens with zero attached hydrogens (tertiary/aromatic N) is 1. The van der Waals surface area contributed by atoms with Gasteiger partial charge in [0.1, 0.15) is 0 Å². The fraction of sp³-hybridized carbons (Fsp3) is 0.625. The maximum absolute atomic E-state index is 3.75. The Balaban J connectivity index is 2.12. The van der Waals surface area contributed by atoms with Gasteiger partial charge in [0.05, 0.1) is 0 Å². The average molecular weight is 357 g/mol. The summed E-state index contributed by atoms with van der Waals surface area (Å²) in [6.45, 7) is 8.97. The van der Waals surface area contributed by atoms with Crippen LogP contribution < -0.4 is 10.2 Å². The highest BCUT2D eigenvalue weighted by Gasteiger charge is 2.20. The van der Waals surface area contributed by atoms with E-state index in [4.69, 9.17) is 0 Å². The Hall–Kier alpha value is -0.190. The summed E-state index contributed by atoms with van der Waals surface area (Å²) < 4.78 is 1.22. The number of benzene rings is 1. The van der Waals surface area contributed by atoms with E-state index < -0.39 is 0 Å². The smallest absolute Gasteiger partial charge is 0.0380 e. The Morgan fingerprint density at radius 2 is 2.30 bits per heavy atom. The summed E-state index contributed by atoms with van der Waals surface area (Å²) in [7, 11) is 0. The number of nitrogens with one attached hydrogen (secondary N) is 1. The van der Waals surface area contributed by atoms with Crippen molar-refractivity contribution < 1.29 is 0 Å². The highest BCUT2D eigenvalue weighted by Crippen LogP contribution is 2.31. The van der Waals surface area contributed by atoms with E-state index in [0.717, 1.165) is 13.1 Å². The molecular formula is C16H25BrN2S. The molecule has 20 heavy (non-hydrogen) atoms. The zero-order chi connectivity index (χ0) is 14.5. The molecule has 1 aromatic carbocycles. The summed E-state index contributed by atoms with van der Waals surface area (Å²) in [5.41, 5.74) is 2.69. The zero-order valence-electron chi connectivity index (χ0n) is 12.7. The van der Waals surface area contributed by atoms with Gasteiger partial charge in [-0.25, -0.2) is 0 Å². The molecular weight excluding hydrogens is 332 g/mol. The van der Waals surface area contributed by atoms with Gasteiger partial charge < -0.3 is 10.2 Å². The lowest BCUT2D eigenvalue weighted by molar-refractivity contribution is 0.569. The van der Waals surface area contributed by atoms with Crippen LogP contribution in [0.3, 0.4) is 0 Å². The van der Waals surface area contributed by atoms with Gasteiger partial charge in [-0.1, -0.05) is 28.9 Å². The highest BCUT2D eigenvalue weighted by molar-refractivity contribution is 9.10. The van der Waals surface area contributed by atoms with Gasteiger partial charge >= 0.3 is 0 Å². The molecule has 0 radical (unpaired) electrons. The standard InChI is InChI=1S/C16H25BrN2S/c1-4-7-18-13(3)15-6-5-14(10-16(15)17)19-8-9-20-11-12(19)2/h5-6,10,12-13,18H,4,7-9,11H2,1-3H3. The molecule has 1 aliphatic heterocycles. The monoisotopic (exact) mass is 356 g/mol. The zero-order valence-corrected chi connectivity index (χ0v) is 15.1. The van der Waals surface area contributed by atoms with Gasteiger partial charge in [0, 0.05) is 40.3 Å². The van der Waals surface area contributed by atoms with Gasteiger partial charge in [0.25, 0.3) is 0 Å². The van der Waals surface area contributed by atoms with Crippen molar-refractivity contribution in [3.8, 4) is 0 Å². The molecule has 0 aromatic heterocycles. The van der Waals surface area contributed by atoms with Crippen LogP contribution in [0.25, 0.3) is 0 Å². The minimum Gasteiger partial charge on any atom is -0.367 e. The molecule has 4 heteroatoms. The lowest BCUT2D eigenvalue weighted by Gasteiger charge is -2.35. The van der Waals surface area contributed by atoms with E-state index >= 15 is 0 Å². The molecule has 2 atom stereocenters. The van der Waals surface area contributed by atoms with Crippen molar-refractivity contribution in [2.24, 2.45) is 0 Å². The Morgan fingerprint density at radius 3 is 2.95 bits per heavy atom. The van der Waals surface area contributed by atoms with Gasteiger partial charge in [-0.3, -0.25) is 0 Å². The van der Waals surface area contributed by atoms with Crippen LogP contribution in [0.2, 0.25) is 0 Å². The summed E-state index contributed by atoms with van der Waals surface area (Å²) in [6.07, 6.45) is 1.17. The number of thioether (sulfide) groups is 1. The van der Waals surface area contributed by atoms with Crippen molar-refractivity contribution in [1.82, 2.24) is 5.32 Å². The van der Waals surface area contributed by atoms with Crippen LogP contribution in [0.5, 0.6) is 0 Å². The van der Waals surface area contributed by atoms with Crippen LogP contribution >= 0.6 is 27.7 Å². The second-order valence-corrected chi connectivity index (χ2v) is 7.50. The summed E-state index contributed by atoms with van der Waals surface area (Å²) in [6, 6.07) is 7.85. The van der Waals surface area contributed by atoms with Crippen molar-refractivity contribution in [2.75, 3.05) is 29.5 Å². The predicted molar refractivity (Wildman–Crippen MR) is 95.0 cm³/mol. The van der Waals surface area contributed by atoms with E-state index in [0.29, 0.717) is 12.1 Å². The first kappa shape index (κ1) is 16.2. The molecule has 1 fully saturated rings. The first-order valence-corrected chi connectivity index (χ1v) is 9.45. The van der Waals surface area contributed by atoms with Crippen molar-refractivity contribution in [3.05, 3.63) is 28.2 Å². The molecule has 1 aromatic rings. The van der Waals surface area contributed by atoms with E-state index in [2.05, 4.69) is 76.9 Å². The van der Waals surface area contributed by atoms with Gasteiger partial charge in [0.15, 0.2) is 0 Å². The molecule has 2 nitrogen and oxygen atoms in total. The minimum absolute atomic E-state index is 0.396. The third-order valence-electron chi connectivity index (χ3n) is 3.85.